The Bertz CT molecular complexity index is 550. The SMILES string of the molecule is NCC(c1ccncc1)C(O)c1ccc(Cl)cc1Br. The molecular weight excluding hydrogens is 328 g/mol. The minimum Gasteiger partial charge on any atom is -0.388 e. The summed E-state index contributed by atoms with van der Waals surface area (Å²) < 4.78 is 0.778. The fourth-order valence-corrected chi connectivity index (χ4v) is 2.93. The van der Waals surface area contributed by atoms with E-state index in [4.69, 9.17) is 17.3 Å². The number of aliphatic hydroxyl groups is 1. The smallest absolute Gasteiger partial charge is 0.0881 e. The lowest BCUT2D eigenvalue weighted by Crippen LogP contribution is -2.20. The second-order valence-electron chi connectivity index (χ2n) is 4.23. The summed E-state index contributed by atoms with van der Waals surface area (Å²) >= 11 is 9.33. The standard InChI is InChI=1S/C14H14BrClN2O/c15-13-7-10(16)1-2-11(13)14(19)12(8-17)9-3-5-18-6-4-9/h1-7,12,14,19H,8,17H2. The van der Waals surface area contributed by atoms with Crippen LogP contribution in [0.15, 0.2) is 47.2 Å². The summed E-state index contributed by atoms with van der Waals surface area (Å²) in [6.07, 6.45) is 2.70. The van der Waals surface area contributed by atoms with E-state index in [2.05, 4.69) is 20.9 Å². The fraction of sp³-hybridized carbons (Fsp3) is 0.214. The maximum Gasteiger partial charge on any atom is 0.0881 e. The number of pyridine rings is 1. The molecule has 0 fully saturated rings. The van der Waals surface area contributed by atoms with Gasteiger partial charge in [-0.1, -0.05) is 33.6 Å². The first-order valence-corrected chi connectivity index (χ1v) is 7.03. The van der Waals surface area contributed by atoms with Gasteiger partial charge < -0.3 is 10.8 Å². The summed E-state index contributed by atoms with van der Waals surface area (Å²) in [6.45, 7) is 0.347. The van der Waals surface area contributed by atoms with E-state index in [0.717, 1.165) is 15.6 Å². The van der Waals surface area contributed by atoms with Crippen LogP contribution in [0.4, 0.5) is 0 Å². The predicted octanol–water partition coefficient (Wildman–Crippen LogP) is 3.27. The summed E-state index contributed by atoms with van der Waals surface area (Å²) in [5.41, 5.74) is 7.54. The molecule has 3 N–H and O–H groups in total. The highest BCUT2D eigenvalue weighted by Gasteiger charge is 2.23. The van der Waals surface area contributed by atoms with Gasteiger partial charge in [0.2, 0.25) is 0 Å². The molecular formula is C14H14BrClN2O. The van der Waals surface area contributed by atoms with E-state index < -0.39 is 6.10 Å². The van der Waals surface area contributed by atoms with Crippen LogP contribution in [0.5, 0.6) is 0 Å². The van der Waals surface area contributed by atoms with Crippen LogP contribution in [0, 0.1) is 0 Å². The van der Waals surface area contributed by atoms with Crippen molar-refractivity contribution in [3.63, 3.8) is 0 Å². The van der Waals surface area contributed by atoms with Crippen molar-refractivity contribution >= 4 is 27.5 Å². The monoisotopic (exact) mass is 340 g/mol. The van der Waals surface area contributed by atoms with E-state index >= 15 is 0 Å². The fourth-order valence-electron chi connectivity index (χ4n) is 2.02. The van der Waals surface area contributed by atoms with Crippen molar-refractivity contribution in [1.29, 1.82) is 0 Å². The Labute approximate surface area is 125 Å². The third kappa shape index (κ3) is 3.34. The molecule has 2 atom stereocenters. The maximum atomic E-state index is 10.5. The number of aliphatic hydroxyl groups excluding tert-OH is 1. The van der Waals surface area contributed by atoms with E-state index in [-0.39, 0.29) is 5.92 Å². The van der Waals surface area contributed by atoms with Crippen LogP contribution in [-0.2, 0) is 0 Å². The normalized spacial score (nSPS) is 14.1. The van der Waals surface area contributed by atoms with Crippen molar-refractivity contribution in [3.05, 3.63) is 63.3 Å². The Morgan fingerprint density at radius 2 is 1.95 bits per heavy atom. The van der Waals surface area contributed by atoms with Crippen LogP contribution < -0.4 is 5.73 Å². The molecule has 3 nitrogen and oxygen atoms in total. The van der Waals surface area contributed by atoms with E-state index in [1.807, 2.05) is 12.1 Å². The Morgan fingerprint density at radius 3 is 2.53 bits per heavy atom. The topological polar surface area (TPSA) is 59.1 Å². The number of aromatic nitrogens is 1. The van der Waals surface area contributed by atoms with Crippen LogP contribution in [-0.4, -0.2) is 16.6 Å². The first-order valence-electron chi connectivity index (χ1n) is 5.86. The summed E-state index contributed by atoms with van der Waals surface area (Å²) in [4.78, 5) is 3.97. The molecule has 19 heavy (non-hydrogen) atoms. The average Bonchev–Trinajstić information content (AvgIpc) is 2.40. The number of halogens is 2. The van der Waals surface area contributed by atoms with Gasteiger partial charge >= 0.3 is 0 Å². The highest BCUT2D eigenvalue weighted by atomic mass is 79.9. The Balaban J connectivity index is 2.33. The summed E-state index contributed by atoms with van der Waals surface area (Å²) in [7, 11) is 0. The minimum absolute atomic E-state index is 0.180. The lowest BCUT2D eigenvalue weighted by molar-refractivity contribution is 0.146. The van der Waals surface area contributed by atoms with Crippen molar-refractivity contribution < 1.29 is 5.11 Å². The van der Waals surface area contributed by atoms with Crippen molar-refractivity contribution in [3.8, 4) is 0 Å². The number of hydrogen-bond donors (Lipinski definition) is 2. The number of rotatable bonds is 4. The Morgan fingerprint density at radius 1 is 1.26 bits per heavy atom. The van der Waals surface area contributed by atoms with Crippen molar-refractivity contribution in [2.75, 3.05) is 6.54 Å². The van der Waals surface area contributed by atoms with E-state index in [1.54, 1.807) is 30.6 Å². The van der Waals surface area contributed by atoms with Crippen LogP contribution in [0.1, 0.15) is 23.1 Å². The summed E-state index contributed by atoms with van der Waals surface area (Å²) in [6, 6.07) is 9.06. The molecule has 0 saturated carbocycles. The molecule has 0 bridgehead atoms. The summed E-state index contributed by atoms with van der Waals surface area (Å²) in [5, 5.41) is 11.2. The highest BCUT2D eigenvalue weighted by Crippen LogP contribution is 2.35. The van der Waals surface area contributed by atoms with Crippen LogP contribution in [0.25, 0.3) is 0 Å². The Hall–Kier alpha value is -0.940. The van der Waals surface area contributed by atoms with Crippen molar-refractivity contribution in [2.45, 2.75) is 12.0 Å². The second kappa shape index (κ2) is 6.48. The van der Waals surface area contributed by atoms with Crippen molar-refractivity contribution in [2.24, 2.45) is 5.73 Å². The quantitative estimate of drug-likeness (QED) is 0.897. The van der Waals surface area contributed by atoms with Gasteiger partial charge in [0.15, 0.2) is 0 Å². The third-order valence-corrected chi connectivity index (χ3v) is 3.97. The molecule has 0 amide bonds. The van der Waals surface area contributed by atoms with Gasteiger partial charge in [0.05, 0.1) is 6.10 Å². The molecule has 2 unspecified atom stereocenters. The van der Waals surface area contributed by atoms with E-state index in [9.17, 15) is 5.11 Å². The molecule has 1 aromatic carbocycles. The molecule has 2 rings (SSSR count). The van der Waals surface area contributed by atoms with Gasteiger partial charge in [0, 0.05) is 34.4 Å². The van der Waals surface area contributed by atoms with Gasteiger partial charge in [-0.2, -0.15) is 0 Å². The number of benzene rings is 1. The second-order valence-corrected chi connectivity index (χ2v) is 5.52. The number of hydrogen-bond acceptors (Lipinski definition) is 3. The van der Waals surface area contributed by atoms with E-state index in [0.29, 0.717) is 11.6 Å². The molecule has 0 aliphatic rings. The van der Waals surface area contributed by atoms with Gasteiger partial charge in [-0.3, -0.25) is 4.98 Å². The number of nitrogens with two attached hydrogens (primary N) is 1. The van der Waals surface area contributed by atoms with Crippen LogP contribution in [0.3, 0.4) is 0 Å². The molecule has 0 spiro atoms. The van der Waals surface area contributed by atoms with Crippen molar-refractivity contribution in [1.82, 2.24) is 4.98 Å². The highest BCUT2D eigenvalue weighted by molar-refractivity contribution is 9.10. The van der Waals surface area contributed by atoms with E-state index in [1.165, 1.54) is 0 Å². The van der Waals surface area contributed by atoms with Crippen LogP contribution >= 0.6 is 27.5 Å². The Kier molecular flexibility index (Phi) is 4.93. The van der Waals surface area contributed by atoms with Gasteiger partial charge in [0.25, 0.3) is 0 Å². The molecule has 2 aromatic rings. The van der Waals surface area contributed by atoms with Gasteiger partial charge in [0.1, 0.15) is 0 Å². The summed E-state index contributed by atoms with van der Waals surface area (Å²) in [5.74, 6) is -0.180. The van der Waals surface area contributed by atoms with Gasteiger partial charge in [-0.05, 0) is 35.4 Å². The predicted molar refractivity (Wildman–Crippen MR) is 80.1 cm³/mol. The molecule has 0 radical (unpaired) electrons. The molecule has 0 saturated heterocycles. The molecule has 5 heteroatoms. The molecule has 100 valence electrons. The molecule has 0 aliphatic carbocycles. The molecule has 1 heterocycles. The zero-order chi connectivity index (χ0) is 13.8. The first-order chi connectivity index (χ1) is 9.13. The molecule has 0 aliphatic heterocycles. The maximum absolute atomic E-state index is 10.5. The largest absolute Gasteiger partial charge is 0.388 e. The first kappa shape index (κ1) is 14.5. The molecule has 1 aromatic heterocycles. The minimum atomic E-state index is -0.695. The number of nitrogens with zero attached hydrogens (tertiary/aromatic N) is 1. The van der Waals surface area contributed by atoms with Gasteiger partial charge in [-0.15, -0.1) is 0 Å². The lowest BCUT2D eigenvalue weighted by atomic mass is 9.90. The zero-order valence-corrected chi connectivity index (χ0v) is 12.5. The third-order valence-electron chi connectivity index (χ3n) is 3.05. The van der Waals surface area contributed by atoms with Crippen LogP contribution in [0.2, 0.25) is 5.02 Å². The average molecular weight is 342 g/mol. The van der Waals surface area contributed by atoms with Gasteiger partial charge in [-0.25, -0.2) is 0 Å². The lowest BCUT2D eigenvalue weighted by Gasteiger charge is -2.23. The zero-order valence-electron chi connectivity index (χ0n) is 10.1.